The van der Waals surface area contributed by atoms with Gasteiger partial charge in [-0.25, -0.2) is 4.39 Å². The first kappa shape index (κ1) is 16.9. The predicted molar refractivity (Wildman–Crippen MR) is 85.1 cm³/mol. The number of carbonyl (C=O) groups excluding carboxylic acids is 1. The van der Waals surface area contributed by atoms with Gasteiger partial charge in [-0.15, -0.1) is 0 Å². The summed E-state index contributed by atoms with van der Waals surface area (Å²) < 4.78 is 12.8. The van der Waals surface area contributed by atoms with Gasteiger partial charge in [0.15, 0.2) is 0 Å². The van der Waals surface area contributed by atoms with Crippen LogP contribution in [0.15, 0.2) is 24.3 Å². The number of piperidine rings is 1. The third-order valence-electron chi connectivity index (χ3n) is 4.20. The van der Waals surface area contributed by atoms with Crippen LogP contribution in [0.4, 0.5) is 10.1 Å². The minimum absolute atomic E-state index is 0.0338. The summed E-state index contributed by atoms with van der Waals surface area (Å²) in [5, 5.41) is 11.6. The van der Waals surface area contributed by atoms with E-state index in [1.165, 1.54) is 12.1 Å². The number of rotatable bonds is 7. The molecule has 1 aliphatic heterocycles. The fourth-order valence-corrected chi connectivity index (χ4v) is 2.82. The fourth-order valence-electron chi connectivity index (χ4n) is 2.82. The number of benzene rings is 1. The molecule has 0 atom stereocenters. The van der Waals surface area contributed by atoms with Gasteiger partial charge < -0.3 is 15.3 Å². The van der Waals surface area contributed by atoms with Crippen molar-refractivity contribution < 1.29 is 14.3 Å². The highest BCUT2D eigenvalue weighted by atomic mass is 19.1. The maximum Gasteiger partial charge on any atom is 0.227 e. The average molecular weight is 308 g/mol. The number of nitrogens with zero attached hydrogens (tertiary/aromatic N) is 1. The summed E-state index contributed by atoms with van der Waals surface area (Å²) >= 11 is 0. The smallest absolute Gasteiger partial charge is 0.227 e. The summed E-state index contributed by atoms with van der Waals surface area (Å²) in [7, 11) is 0. The largest absolute Gasteiger partial charge is 0.396 e. The normalized spacial score (nSPS) is 16.6. The van der Waals surface area contributed by atoms with Gasteiger partial charge in [-0.05, 0) is 76.0 Å². The molecular formula is C17H25FN2O2. The van der Waals surface area contributed by atoms with Crippen LogP contribution in [0.5, 0.6) is 0 Å². The van der Waals surface area contributed by atoms with Crippen molar-refractivity contribution in [1.82, 2.24) is 4.90 Å². The quantitative estimate of drug-likeness (QED) is 0.761. The monoisotopic (exact) mass is 308 g/mol. The van der Waals surface area contributed by atoms with E-state index in [-0.39, 0.29) is 24.2 Å². The minimum Gasteiger partial charge on any atom is -0.396 e. The Bertz CT molecular complexity index is 456. The Kier molecular flexibility index (Phi) is 6.80. The number of amides is 1. The zero-order valence-electron chi connectivity index (χ0n) is 12.9. The van der Waals surface area contributed by atoms with E-state index >= 15 is 0 Å². The van der Waals surface area contributed by atoms with Crippen LogP contribution in [0.2, 0.25) is 0 Å². The number of aliphatic hydroxyl groups is 1. The Balaban J connectivity index is 1.69. The molecule has 2 rings (SSSR count). The number of nitrogens with one attached hydrogen (secondary N) is 1. The maximum absolute atomic E-state index is 12.8. The molecule has 122 valence electrons. The Morgan fingerprint density at radius 1 is 1.18 bits per heavy atom. The van der Waals surface area contributed by atoms with Crippen LogP contribution in [0.3, 0.4) is 0 Å². The van der Waals surface area contributed by atoms with E-state index in [9.17, 15) is 9.18 Å². The fraction of sp³-hybridized carbons (Fsp3) is 0.588. The second-order valence-electron chi connectivity index (χ2n) is 5.90. The third kappa shape index (κ3) is 5.39. The number of anilines is 1. The summed E-state index contributed by atoms with van der Waals surface area (Å²) in [6.45, 7) is 3.21. The number of aliphatic hydroxyl groups excluding tert-OH is 1. The number of hydrogen-bond acceptors (Lipinski definition) is 3. The van der Waals surface area contributed by atoms with E-state index < -0.39 is 0 Å². The molecule has 2 N–H and O–H groups in total. The molecule has 1 amide bonds. The summed E-state index contributed by atoms with van der Waals surface area (Å²) in [6.07, 6.45) is 4.77. The highest BCUT2D eigenvalue weighted by Gasteiger charge is 2.24. The van der Waals surface area contributed by atoms with Crippen molar-refractivity contribution in [2.75, 3.05) is 31.6 Å². The lowest BCUT2D eigenvalue weighted by atomic mass is 9.95. The Labute approximate surface area is 131 Å². The zero-order valence-corrected chi connectivity index (χ0v) is 12.9. The second kappa shape index (κ2) is 8.86. The van der Waals surface area contributed by atoms with E-state index in [1.807, 2.05) is 0 Å². The number of halogens is 1. The lowest BCUT2D eigenvalue weighted by Crippen LogP contribution is -2.38. The molecular weight excluding hydrogens is 283 g/mol. The SMILES string of the molecule is O=C(Nc1ccc(F)cc1)C1CCN(CCCCCO)CC1. The van der Waals surface area contributed by atoms with Crippen LogP contribution in [0, 0.1) is 11.7 Å². The molecule has 1 aromatic carbocycles. The number of hydrogen-bond donors (Lipinski definition) is 2. The number of carbonyl (C=O) groups is 1. The lowest BCUT2D eigenvalue weighted by Gasteiger charge is -2.31. The molecule has 0 saturated carbocycles. The van der Waals surface area contributed by atoms with E-state index in [0.29, 0.717) is 5.69 Å². The zero-order chi connectivity index (χ0) is 15.8. The molecule has 0 bridgehead atoms. The standard InChI is InChI=1S/C17H25FN2O2/c18-15-4-6-16(7-5-15)19-17(22)14-8-11-20(12-9-14)10-2-1-3-13-21/h4-7,14,21H,1-3,8-13H2,(H,19,22). The van der Waals surface area contributed by atoms with Gasteiger partial charge in [-0.3, -0.25) is 4.79 Å². The molecule has 5 heteroatoms. The van der Waals surface area contributed by atoms with Gasteiger partial charge in [0.05, 0.1) is 0 Å². The van der Waals surface area contributed by atoms with Crippen LogP contribution in [-0.4, -0.2) is 42.2 Å². The van der Waals surface area contributed by atoms with Gasteiger partial charge >= 0.3 is 0 Å². The maximum atomic E-state index is 12.8. The molecule has 22 heavy (non-hydrogen) atoms. The van der Waals surface area contributed by atoms with Crippen molar-refractivity contribution in [3.63, 3.8) is 0 Å². The van der Waals surface area contributed by atoms with Crippen LogP contribution in [-0.2, 0) is 4.79 Å². The van der Waals surface area contributed by atoms with Crippen molar-refractivity contribution in [2.24, 2.45) is 5.92 Å². The van der Waals surface area contributed by atoms with Crippen LogP contribution >= 0.6 is 0 Å². The van der Waals surface area contributed by atoms with Gasteiger partial charge in [0.1, 0.15) is 5.82 Å². The van der Waals surface area contributed by atoms with Crippen molar-refractivity contribution in [3.8, 4) is 0 Å². The van der Waals surface area contributed by atoms with Crippen LogP contribution in [0.1, 0.15) is 32.1 Å². The van der Waals surface area contributed by atoms with Crippen LogP contribution in [0.25, 0.3) is 0 Å². The summed E-state index contributed by atoms with van der Waals surface area (Å²) in [5.74, 6) is -0.224. The molecule has 0 aromatic heterocycles. The van der Waals surface area contributed by atoms with Gasteiger partial charge in [0, 0.05) is 18.2 Å². The first-order chi connectivity index (χ1) is 10.7. The van der Waals surface area contributed by atoms with E-state index in [0.717, 1.165) is 51.7 Å². The molecule has 0 unspecified atom stereocenters. The first-order valence-electron chi connectivity index (χ1n) is 8.08. The van der Waals surface area contributed by atoms with Crippen molar-refractivity contribution in [3.05, 3.63) is 30.1 Å². The first-order valence-corrected chi connectivity index (χ1v) is 8.08. The Hall–Kier alpha value is -1.46. The van der Waals surface area contributed by atoms with E-state index in [4.69, 9.17) is 5.11 Å². The average Bonchev–Trinajstić information content (AvgIpc) is 2.54. The molecule has 1 aromatic rings. The molecule has 1 heterocycles. The molecule has 1 fully saturated rings. The summed E-state index contributed by atoms with van der Waals surface area (Å²) in [4.78, 5) is 14.6. The minimum atomic E-state index is -0.299. The lowest BCUT2D eigenvalue weighted by molar-refractivity contribution is -0.121. The molecule has 0 aliphatic carbocycles. The number of likely N-dealkylation sites (tertiary alicyclic amines) is 1. The van der Waals surface area contributed by atoms with Crippen molar-refractivity contribution in [2.45, 2.75) is 32.1 Å². The van der Waals surface area contributed by atoms with Gasteiger partial charge in [-0.2, -0.15) is 0 Å². The highest BCUT2D eigenvalue weighted by molar-refractivity contribution is 5.92. The molecule has 1 aliphatic rings. The topological polar surface area (TPSA) is 52.6 Å². The van der Waals surface area contributed by atoms with Crippen LogP contribution < -0.4 is 5.32 Å². The molecule has 1 saturated heterocycles. The van der Waals surface area contributed by atoms with Gasteiger partial charge in [0.25, 0.3) is 0 Å². The van der Waals surface area contributed by atoms with Crippen molar-refractivity contribution >= 4 is 11.6 Å². The summed E-state index contributed by atoms with van der Waals surface area (Å²) in [6, 6.07) is 5.88. The molecule has 0 radical (unpaired) electrons. The summed E-state index contributed by atoms with van der Waals surface area (Å²) in [5.41, 5.74) is 0.651. The molecule has 4 nitrogen and oxygen atoms in total. The van der Waals surface area contributed by atoms with Gasteiger partial charge in [0.2, 0.25) is 5.91 Å². The number of unbranched alkanes of at least 4 members (excludes halogenated alkanes) is 2. The third-order valence-corrected chi connectivity index (χ3v) is 4.20. The molecule has 0 spiro atoms. The Morgan fingerprint density at radius 2 is 1.86 bits per heavy atom. The Morgan fingerprint density at radius 3 is 2.50 bits per heavy atom. The van der Waals surface area contributed by atoms with E-state index in [2.05, 4.69) is 10.2 Å². The van der Waals surface area contributed by atoms with E-state index in [1.54, 1.807) is 12.1 Å². The second-order valence-corrected chi connectivity index (χ2v) is 5.90. The predicted octanol–water partition coefficient (Wildman–Crippen LogP) is 2.64. The van der Waals surface area contributed by atoms with Crippen molar-refractivity contribution in [1.29, 1.82) is 0 Å². The van der Waals surface area contributed by atoms with Gasteiger partial charge in [-0.1, -0.05) is 0 Å². The highest BCUT2D eigenvalue weighted by Crippen LogP contribution is 2.20.